The summed E-state index contributed by atoms with van der Waals surface area (Å²) in [7, 11) is -2.55. The number of carbonyl (C=O) groups is 2. The average Bonchev–Trinajstić information content (AvgIpc) is 2.96. The Morgan fingerprint density at radius 3 is 2.20 bits per heavy atom. The second-order valence-corrected chi connectivity index (χ2v) is 12.7. The van der Waals surface area contributed by atoms with Crippen molar-refractivity contribution in [1.82, 2.24) is 10.2 Å². The molecule has 0 heterocycles. The van der Waals surface area contributed by atoms with Crippen LogP contribution in [0.2, 0.25) is 0 Å². The number of anilines is 1. The summed E-state index contributed by atoms with van der Waals surface area (Å²) in [5.41, 5.74) is 2.02. The summed E-state index contributed by atoms with van der Waals surface area (Å²) in [5.74, 6) is -0.111. The van der Waals surface area contributed by atoms with Crippen molar-refractivity contribution >= 4 is 43.5 Å². The smallest absolute Gasteiger partial charge is 0.264 e. The highest BCUT2D eigenvalue weighted by Gasteiger charge is 2.34. The van der Waals surface area contributed by atoms with Gasteiger partial charge in [0.15, 0.2) is 0 Å². The molecule has 8 nitrogen and oxygen atoms in total. The lowest BCUT2D eigenvalue weighted by Crippen LogP contribution is -2.53. The quantitative estimate of drug-likeness (QED) is 0.258. The maximum atomic E-state index is 14.1. The first-order valence-electron chi connectivity index (χ1n) is 13.6. The predicted octanol–water partition coefficient (Wildman–Crippen LogP) is 5.68. The third kappa shape index (κ3) is 8.33. The average molecular weight is 645 g/mol. The molecular weight excluding hydrogens is 606 g/mol. The number of hydrogen-bond donors (Lipinski definition) is 1. The van der Waals surface area contributed by atoms with Gasteiger partial charge in [-0.15, -0.1) is 0 Å². The van der Waals surface area contributed by atoms with Crippen LogP contribution < -0.4 is 14.4 Å². The molecule has 3 aromatic rings. The Morgan fingerprint density at radius 1 is 0.976 bits per heavy atom. The highest BCUT2D eigenvalue weighted by Crippen LogP contribution is 2.27. The number of aryl methyl sites for hydroxylation is 1. The zero-order valence-electron chi connectivity index (χ0n) is 24.1. The Labute approximate surface area is 251 Å². The molecule has 0 aromatic heterocycles. The number of carbonyl (C=O) groups excluding carboxylic acids is 2. The van der Waals surface area contributed by atoms with Crippen LogP contribution in [0.1, 0.15) is 44.7 Å². The van der Waals surface area contributed by atoms with E-state index in [1.54, 1.807) is 55.6 Å². The summed E-state index contributed by atoms with van der Waals surface area (Å²) in [6, 6.07) is 19.6. The molecule has 0 aliphatic carbocycles. The fourth-order valence-corrected chi connectivity index (χ4v) is 6.08. The van der Waals surface area contributed by atoms with Gasteiger partial charge in [-0.2, -0.15) is 0 Å². The standard InChI is InChI=1S/C31H38BrN3O5S/c1-6-23(4)33-31(37)29(7-2)34(20-24-13-15-27(40-5)16-14-24)30(36)21-35(26-10-8-9-25(32)19-26)41(38,39)28-17-11-22(3)12-18-28/h8-19,23,29H,6-7,20-21H2,1-5H3,(H,33,37)/t23-,29+/m0/s1. The third-order valence-electron chi connectivity index (χ3n) is 6.88. The third-order valence-corrected chi connectivity index (χ3v) is 9.16. The van der Waals surface area contributed by atoms with E-state index in [0.29, 0.717) is 22.3 Å². The molecular formula is C31H38BrN3O5S. The summed E-state index contributed by atoms with van der Waals surface area (Å²) >= 11 is 3.42. The Morgan fingerprint density at radius 2 is 1.63 bits per heavy atom. The zero-order chi connectivity index (χ0) is 30.2. The van der Waals surface area contributed by atoms with Crippen molar-refractivity contribution in [3.05, 3.63) is 88.4 Å². The van der Waals surface area contributed by atoms with Gasteiger partial charge in [-0.05, 0) is 74.7 Å². The molecule has 1 N–H and O–H groups in total. The number of halogens is 1. The van der Waals surface area contributed by atoms with Crippen molar-refractivity contribution in [2.75, 3.05) is 18.0 Å². The normalized spacial score (nSPS) is 12.7. The van der Waals surface area contributed by atoms with Crippen molar-refractivity contribution in [2.45, 2.75) is 64.1 Å². The highest BCUT2D eigenvalue weighted by molar-refractivity contribution is 9.10. The molecule has 0 unspecified atom stereocenters. The van der Waals surface area contributed by atoms with Crippen LogP contribution in [0.4, 0.5) is 5.69 Å². The first-order chi connectivity index (χ1) is 19.5. The second kappa shape index (κ2) is 14.5. The summed E-state index contributed by atoms with van der Waals surface area (Å²) in [4.78, 5) is 29.0. The van der Waals surface area contributed by atoms with E-state index in [-0.39, 0.29) is 23.4 Å². The number of sulfonamides is 1. The Kier molecular flexibility index (Phi) is 11.4. The molecule has 0 saturated carbocycles. The van der Waals surface area contributed by atoms with E-state index in [1.807, 2.05) is 39.8 Å². The molecule has 2 atom stereocenters. The van der Waals surface area contributed by atoms with Crippen molar-refractivity contribution < 1.29 is 22.7 Å². The maximum Gasteiger partial charge on any atom is 0.264 e. The molecule has 3 aromatic carbocycles. The van der Waals surface area contributed by atoms with Crippen molar-refractivity contribution in [1.29, 1.82) is 0 Å². The molecule has 3 rings (SSSR count). The van der Waals surface area contributed by atoms with E-state index < -0.39 is 28.5 Å². The van der Waals surface area contributed by atoms with E-state index in [2.05, 4.69) is 21.2 Å². The number of nitrogens with zero attached hydrogens (tertiary/aromatic N) is 2. The van der Waals surface area contributed by atoms with Crippen molar-refractivity contribution in [3.63, 3.8) is 0 Å². The minimum atomic E-state index is -4.13. The topological polar surface area (TPSA) is 96.0 Å². The van der Waals surface area contributed by atoms with Crippen LogP contribution in [0.3, 0.4) is 0 Å². The van der Waals surface area contributed by atoms with E-state index in [4.69, 9.17) is 4.74 Å². The summed E-state index contributed by atoms with van der Waals surface area (Å²) in [6.07, 6.45) is 1.09. The molecule has 220 valence electrons. The SMILES string of the molecule is CC[C@H](C(=O)N[C@@H](C)CC)N(Cc1ccc(OC)cc1)C(=O)CN(c1cccc(Br)c1)S(=O)(=O)c1ccc(C)cc1. The molecule has 0 saturated heterocycles. The highest BCUT2D eigenvalue weighted by atomic mass is 79.9. The van der Waals surface area contributed by atoms with E-state index in [9.17, 15) is 18.0 Å². The molecule has 0 aliphatic rings. The second-order valence-electron chi connectivity index (χ2n) is 9.92. The number of methoxy groups -OCH3 is 1. The molecule has 0 spiro atoms. The van der Waals surface area contributed by atoms with Crippen LogP contribution in [0.5, 0.6) is 5.75 Å². The fourth-order valence-electron chi connectivity index (χ4n) is 4.29. The maximum absolute atomic E-state index is 14.1. The predicted molar refractivity (Wildman–Crippen MR) is 165 cm³/mol. The lowest BCUT2D eigenvalue weighted by atomic mass is 10.1. The molecule has 0 bridgehead atoms. The van der Waals surface area contributed by atoms with Crippen LogP contribution in [0.25, 0.3) is 0 Å². The Bertz CT molecular complexity index is 1430. The largest absolute Gasteiger partial charge is 0.497 e. The van der Waals surface area contributed by atoms with Gasteiger partial charge in [0, 0.05) is 17.1 Å². The number of benzene rings is 3. The van der Waals surface area contributed by atoms with Gasteiger partial charge < -0.3 is 15.0 Å². The monoisotopic (exact) mass is 643 g/mol. The molecule has 0 radical (unpaired) electrons. The number of rotatable bonds is 13. The summed E-state index contributed by atoms with van der Waals surface area (Å²) < 4.78 is 34.9. The van der Waals surface area contributed by atoms with Crippen molar-refractivity contribution in [3.8, 4) is 5.75 Å². The number of nitrogens with one attached hydrogen (secondary N) is 1. The van der Waals surface area contributed by atoms with Crippen LogP contribution in [0.15, 0.2) is 82.2 Å². The lowest BCUT2D eigenvalue weighted by Gasteiger charge is -2.33. The van der Waals surface area contributed by atoms with E-state index in [0.717, 1.165) is 21.9 Å². The van der Waals surface area contributed by atoms with Crippen LogP contribution in [-0.4, -0.2) is 50.9 Å². The molecule has 2 amide bonds. The van der Waals surface area contributed by atoms with Gasteiger partial charge in [-0.25, -0.2) is 8.42 Å². The molecule has 0 fully saturated rings. The van der Waals surface area contributed by atoms with Gasteiger partial charge in [0.2, 0.25) is 11.8 Å². The first-order valence-corrected chi connectivity index (χ1v) is 15.8. The number of hydrogen-bond acceptors (Lipinski definition) is 5. The number of amides is 2. The molecule has 41 heavy (non-hydrogen) atoms. The van der Waals surface area contributed by atoms with Gasteiger partial charge in [-0.3, -0.25) is 13.9 Å². The minimum absolute atomic E-state index is 0.0686. The summed E-state index contributed by atoms with van der Waals surface area (Å²) in [6.45, 7) is 7.21. The number of ether oxygens (including phenoxy) is 1. The van der Waals surface area contributed by atoms with Gasteiger partial charge >= 0.3 is 0 Å². The fraction of sp³-hybridized carbons (Fsp3) is 0.355. The van der Waals surface area contributed by atoms with Crippen molar-refractivity contribution in [2.24, 2.45) is 0 Å². The van der Waals surface area contributed by atoms with E-state index in [1.165, 1.54) is 17.0 Å². The van der Waals surface area contributed by atoms with Gasteiger partial charge in [0.25, 0.3) is 10.0 Å². The van der Waals surface area contributed by atoms with Gasteiger partial charge in [0.1, 0.15) is 18.3 Å². The minimum Gasteiger partial charge on any atom is -0.497 e. The molecule has 10 heteroatoms. The zero-order valence-corrected chi connectivity index (χ0v) is 26.5. The first kappa shape index (κ1) is 32.1. The summed E-state index contributed by atoms with van der Waals surface area (Å²) in [5, 5.41) is 2.98. The van der Waals surface area contributed by atoms with Crippen LogP contribution in [-0.2, 0) is 26.2 Å². The Balaban J connectivity index is 2.05. The van der Waals surface area contributed by atoms with Gasteiger partial charge in [-0.1, -0.05) is 65.7 Å². The molecule has 0 aliphatic heterocycles. The van der Waals surface area contributed by atoms with Crippen LogP contribution in [0, 0.1) is 6.92 Å². The van der Waals surface area contributed by atoms with Crippen LogP contribution >= 0.6 is 15.9 Å². The lowest BCUT2D eigenvalue weighted by molar-refractivity contribution is -0.140. The van der Waals surface area contributed by atoms with Gasteiger partial charge in [0.05, 0.1) is 17.7 Å². The Hall–Kier alpha value is -3.37. The van der Waals surface area contributed by atoms with E-state index >= 15 is 0 Å².